The van der Waals surface area contributed by atoms with Crippen molar-refractivity contribution in [2.45, 2.75) is 0 Å². The molecule has 0 aromatic carbocycles. The Morgan fingerprint density at radius 2 is 2.05 bits per heavy atom. The number of pyridine rings is 1. The zero-order valence-corrected chi connectivity index (χ0v) is 12.1. The van der Waals surface area contributed by atoms with Gasteiger partial charge in [0.05, 0.1) is 5.03 Å². The van der Waals surface area contributed by atoms with Crippen LogP contribution < -0.4 is 5.43 Å². The number of ketones is 1. The van der Waals surface area contributed by atoms with E-state index in [1.165, 1.54) is 18.4 Å². The van der Waals surface area contributed by atoms with Crippen molar-refractivity contribution in [1.82, 2.24) is 10.4 Å². The van der Waals surface area contributed by atoms with Gasteiger partial charge in [-0.2, -0.15) is 0 Å². The van der Waals surface area contributed by atoms with Gasteiger partial charge in [-0.1, -0.05) is 47.6 Å². The first-order valence-corrected chi connectivity index (χ1v) is 5.79. The number of aromatic nitrogens is 1. The molecule has 7 heteroatoms. The third-order valence-corrected chi connectivity index (χ3v) is 2.58. The van der Waals surface area contributed by atoms with E-state index in [1.54, 1.807) is 18.3 Å². The Kier molecular flexibility index (Phi) is 6.12. The van der Waals surface area contributed by atoms with Gasteiger partial charge in [-0.3, -0.25) is 4.79 Å². The minimum atomic E-state index is -0.301. The molecule has 1 aromatic heterocycles. The van der Waals surface area contributed by atoms with E-state index in [0.717, 1.165) is 0 Å². The van der Waals surface area contributed by atoms with Crippen LogP contribution in [-0.2, 0) is 21.9 Å². The quantitative estimate of drug-likeness (QED) is 0.523. The van der Waals surface area contributed by atoms with Crippen molar-refractivity contribution >= 4 is 34.8 Å². The summed E-state index contributed by atoms with van der Waals surface area (Å²) in [5.74, 6) is 0.208. The molecule has 0 spiro atoms. The van der Waals surface area contributed by atoms with E-state index in [2.05, 4.69) is 15.8 Å². The topological polar surface area (TPSA) is 56.1 Å². The van der Waals surface area contributed by atoms with Crippen LogP contribution in [0.25, 0.3) is 5.43 Å². The number of rotatable bonds is 3. The fraction of sp³-hybridized carbons (Fsp3) is 0. The van der Waals surface area contributed by atoms with Gasteiger partial charge in [0, 0.05) is 16.8 Å². The maximum absolute atomic E-state index is 11.6. The van der Waals surface area contributed by atoms with Crippen molar-refractivity contribution in [1.29, 1.82) is 0 Å². The Labute approximate surface area is 131 Å². The number of hydrogen-bond acceptors (Lipinski definition) is 3. The molecule has 98 valence electrons. The Morgan fingerprint density at radius 1 is 1.26 bits per heavy atom. The fourth-order valence-corrected chi connectivity index (χ4v) is 1.78. The van der Waals surface area contributed by atoms with Gasteiger partial charge in [-0.15, -0.1) is 0 Å². The van der Waals surface area contributed by atoms with Gasteiger partial charge < -0.3 is 15.8 Å². The molecule has 0 bridgehead atoms. The molecule has 0 amide bonds. The Bertz CT molecular complexity index is 555. The molecule has 0 unspecified atom stereocenters. The van der Waals surface area contributed by atoms with Gasteiger partial charge in [0.1, 0.15) is 0 Å². The van der Waals surface area contributed by atoms with E-state index >= 15 is 0 Å². The summed E-state index contributed by atoms with van der Waals surface area (Å²) in [4.78, 5) is 15.6. The van der Waals surface area contributed by atoms with Crippen molar-refractivity contribution < 1.29 is 21.9 Å². The number of halogens is 2. The first-order chi connectivity index (χ1) is 8.66. The zero-order valence-electron chi connectivity index (χ0n) is 9.45. The Hall–Kier alpha value is -1.26. The summed E-state index contributed by atoms with van der Waals surface area (Å²) < 4.78 is 0. The second-order valence-electron chi connectivity index (χ2n) is 3.38. The van der Waals surface area contributed by atoms with Gasteiger partial charge in [-0.05, 0) is 18.0 Å². The van der Waals surface area contributed by atoms with Crippen LogP contribution in [0.15, 0.2) is 58.4 Å². The molecule has 0 saturated carbocycles. The van der Waals surface area contributed by atoms with Gasteiger partial charge in [0.2, 0.25) is 5.78 Å². The monoisotopic (exact) mass is 336 g/mol. The first-order valence-electron chi connectivity index (χ1n) is 5.03. The van der Waals surface area contributed by atoms with E-state index < -0.39 is 0 Å². The largest absolute Gasteiger partial charge is 2.00 e. The minimum absolute atomic E-state index is 0. The number of hydrogen-bond donors (Lipinski definition) is 1. The average molecular weight is 337 g/mol. The molecule has 1 aromatic rings. The van der Waals surface area contributed by atoms with Crippen LogP contribution >= 0.6 is 23.2 Å². The van der Waals surface area contributed by atoms with Crippen LogP contribution in [0.5, 0.6) is 0 Å². The Balaban J connectivity index is 0.00000180. The van der Waals surface area contributed by atoms with Gasteiger partial charge in [-0.25, -0.2) is 0 Å². The first kappa shape index (κ1) is 15.8. The van der Waals surface area contributed by atoms with Crippen LogP contribution in [0.4, 0.5) is 5.82 Å². The summed E-state index contributed by atoms with van der Waals surface area (Å²) in [6.07, 6.45) is 5.96. The second kappa shape index (κ2) is 7.36. The molecule has 1 aliphatic rings. The van der Waals surface area contributed by atoms with Crippen LogP contribution in [0.2, 0.25) is 0 Å². The molecular weight excluding hydrogens is 329 g/mol. The van der Waals surface area contributed by atoms with Crippen molar-refractivity contribution in [3.8, 4) is 0 Å². The maximum Gasteiger partial charge on any atom is 2.00 e. The van der Waals surface area contributed by atoms with Gasteiger partial charge in [0.15, 0.2) is 0 Å². The molecule has 0 radical (unpaired) electrons. The van der Waals surface area contributed by atoms with Crippen molar-refractivity contribution in [3.63, 3.8) is 0 Å². The van der Waals surface area contributed by atoms with Crippen LogP contribution in [-0.4, -0.2) is 10.8 Å². The number of nitrogens with zero attached hydrogens (tertiary/aromatic N) is 2. The van der Waals surface area contributed by atoms with Crippen LogP contribution in [0.3, 0.4) is 0 Å². The molecule has 1 N–H and O–H groups in total. The molecular formula is C12H8Cl2FeN3O+. The molecule has 1 aliphatic carbocycles. The van der Waals surface area contributed by atoms with Gasteiger partial charge in [0.25, 0.3) is 0 Å². The van der Waals surface area contributed by atoms with Crippen LogP contribution in [0.1, 0.15) is 0 Å². The number of carbonyl (C=O) groups excluding carboxylic acids is 1. The molecule has 1 heterocycles. The van der Waals surface area contributed by atoms with E-state index in [1.807, 2.05) is 6.07 Å². The SMILES string of the molecule is O=C1C(Cl)=CC(Cl)=CC1=CN[N-]c1ccccn1.[Fe+2]. The standard InChI is InChI=1S/C12H9Cl2N3O.Fe/c13-9-5-8(12(18)10(14)6-9)7-16-17-11-3-1-2-4-15-11;/h1-7H,(H2,15,16,17,18);/q;+2/p-1. The van der Waals surface area contributed by atoms with Crippen molar-refractivity contribution in [2.24, 2.45) is 0 Å². The predicted molar refractivity (Wildman–Crippen MR) is 71.4 cm³/mol. The maximum atomic E-state index is 11.6. The second-order valence-corrected chi connectivity index (χ2v) is 4.22. The summed E-state index contributed by atoms with van der Waals surface area (Å²) in [5.41, 5.74) is 6.93. The normalized spacial score (nSPS) is 16.3. The molecule has 4 nitrogen and oxygen atoms in total. The summed E-state index contributed by atoms with van der Waals surface area (Å²) in [6.45, 7) is 0. The summed E-state index contributed by atoms with van der Waals surface area (Å²) in [7, 11) is 0. The smallest absolute Gasteiger partial charge is 0.442 e. The van der Waals surface area contributed by atoms with Crippen LogP contribution in [0, 0.1) is 0 Å². The number of Topliss-reactive ketones (excluding diaryl/α,β-unsaturated/α-hetero) is 1. The molecule has 2 rings (SSSR count). The zero-order chi connectivity index (χ0) is 13.0. The molecule has 0 atom stereocenters. The van der Waals surface area contributed by atoms with Gasteiger partial charge >= 0.3 is 17.1 Å². The molecule has 0 aliphatic heterocycles. The van der Waals surface area contributed by atoms with Crippen molar-refractivity contribution in [2.75, 3.05) is 0 Å². The summed E-state index contributed by atoms with van der Waals surface area (Å²) in [6, 6.07) is 5.32. The molecule has 0 fully saturated rings. The third-order valence-electron chi connectivity index (χ3n) is 2.09. The third kappa shape index (κ3) is 4.40. The van der Waals surface area contributed by atoms with E-state index in [9.17, 15) is 4.79 Å². The number of allylic oxidation sites excluding steroid dienone is 5. The predicted octanol–water partition coefficient (Wildman–Crippen LogP) is 3.30. The number of carbonyl (C=O) groups is 1. The number of nitrogens with one attached hydrogen (secondary N) is 1. The van der Waals surface area contributed by atoms with E-state index in [4.69, 9.17) is 23.2 Å². The van der Waals surface area contributed by atoms with E-state index in [0.29, 0.717) is 16.4 Å². The Morgan fingerprint density at radius 3 is 2.74 bits per heavy atom. The van der Waals surface area contributed by atoms with E-state index in [-0.39, 0.29) is 27.9 Å². The fourth-order valence-electron chi connectivity index (χ4n) is 1.28. The summed E-state index contributed by atoms with van der Waals surface area (Å²) in [5, 5.41) is 0.471. The molecule has 19 heavy (non-hydrogen) atoms. The molecule has 0 saturated heterocycles. The van der Waals surface area contributed by atoms with Crippen molar-refractivity contribution in [3.05, 3.63) is 63.8 Å². The minimum Gasteiger partial charge on any atom is -0.442 e. The summed E-state index contributed by atoms with van der Waals surface area (Å²) >= 11 is 11.5. The average Bonchev–Trinajstić information content (AvgIpc) is 2.36.